The predicted molar refractivity (Wildman–Crippen MR) is 82.7 cm³/mol. The highest BCUT2D eigenvalue weighted by Crippen LogP contribution is 2.02. The maximum absolute atomic E-state index is 10.8. The molecule has 0 spiro atoms. The van der Waals surface area contributed by atoms with Crippen molar-refractivity contribution in [2.24, 2.45) is 5.92 Å². The van der Waals surface area contributed by atoms with E-state index in [1.165, 1.54) is 0 Å². The van der Waals surface area contributed by atoms with E-state index in [2.05, 4.69) is 47.0 Å². The lowest BCUT2D eigenvalue weighted by atomic mass is 10.1. The molecule has 0 aliphatic rings. The largest absolute Gasteiger partial charge is 0.361 e. The standard InChI is InChI=1S/C7H15NO.C6H8N2O2.C2H2/c1-6(2)4-5-7(9)8-3;1-4-3-5(8-10-4)6(9)7-2;1-2/h6H,4-5H2,1-3H3,(H,8,9);3H,1-2H3,(H,7,9);1-2H. The lowest BCUT2D eigenvalue weighted by Crippen LogP contribution is -2.17. The number of hydrogen-bond donors (Lipinski definition) is 2. The lowest BCUT2D eigenvalue weighted by molar-refractivity contribution is -0.120. The molecule has 0 saturated carbocycles. The van der Waals surface area contributed by atoms with Gasteiger partial charge in [-0.05, 0) is 19.3 Å². The molecular weight excluding hydrogens is 270 g/mol. The molecule has 0 saturated heterocycles. The van der Waals surface area contributed by atoms with Crippen LogP contribution in [0.15, 0.2) is 10.6 Å². The van der Waals surface area contributed by atoms with Crippen LogP contribution >= 0.6 is 0 Å². The van der Waals surface area contributed by atoms with Crippen LogP contribution in [0.2, 0.25) is 0 Å². The molecule has 1 rings (SSSR count). The molecule has 6 heteroatoms. The van der Waals surface area contributed by atoms with Crippen LogP contribution in [0, 0.1) is 25.7 Å². The second-order valence-electron chi connectivity index (χ2n) is 4.51. The maximum atomic E-state index is 10.8. The fraction of sp³-hybridized carbons (Fsp3) is 0.533. The van der Waals surface area contributed by atoms with Crippen molar-refractivity contribution in [3.05, 3.63) is 17.5 Å². The molecule has 6 nitrogen and oxygen atoms in total. The first kappa shape index (κ1) is 21.0. The van der Waals surface area contributed by atoms with Gasteiger partial charge in [0.1, 0.15) is 5.76 Å². The fourth-order valence-electron chi connectivity index (χ4n) is 1.15. The highest BCUT2D eigenvalue weighted by molar-refractivity contribution is 5.91. The van der Waals surface area contributed by atoms with E-state index in [1.54, 1.807) is 27.1 Å². The zero-order valence-electron chi connectivity index (χ0n) is 13.4. The van der Waals surface area contributed by atoms with E-state index in [9.17, 15) is 9.59 Å². The topological polar surface area (TPSA) is 84.2 Å². The Morgan fingerprint density at radius 1 is 1.29 bits per heavy atom. The van der Waals surface area contributed by atoms with Gasteiger partial charge in [0.2, 0.25) is 5.91 Å². The molecule has 0 unspecified atom stereocenters. The van der Waals surface area contributed by atoms with Crippen LogP contribution in [-0.2, 0) is 4.79 Å². The van der Waals surface area contributed by atoms with Gasteiger partial charge in [0.15, 0.2) is 5.69 Å². The van der Waals surface area contributed by atoms with Gasteiger partial charge in [-0.15, -0.1) is 12.8 Å². The number of aromatic nitrogens is 1. The van der Waals surface area contributed by atoms with Gasteiger partial charge in [0.25, 0.3) is 5.91 Å². The molecule has 0 aromatic carbocycles. The summed E-state index contributed by atoms with van der Waals surface area (Å²) in [7, 11) is 3.22. The van der Waals surface area contributed by atoms with Crippen LogP contribution in [0.4, 0.5) is 0 Å². The molecular formula is C15H25N3O3. The Hall–Kier alpha value is -2.29. The van der Waals surface area contributed by atoms with Gasteiger partial charge in [-0.3, -0.25) is 9.59 Å². The van der Waals surface area contributed by atoms with E-state index in [4.69, 9.17) is 0 Å². The molecule has 0 fully saturated rings. The van der Waals surface area contributed by atoms with E-state index in [0.717, 1.165) is 6.42 Å². The summed E-state index contributed by atoms with van der Waals surface area (Å²) in [5.41, 5.74) is 0.319. The fourth-order valence-corrected chi connectivity index (χ4v) is 1.15. The van der Waals surface area contributed by atoms with E-state index >= 15 is 0 Å². The minimum atomic E-state index is -0.225. The molecule has 2 N–H and O–H groups in total. The number of carbonyl (C=O) groups excluding carboxylic acids is 2. The minimum absolute atomic E-state index is 0.142. The number of hydrogen-bond acceptors (Lipinski definition) is 4. The molecule has 0 radical (unpaired) electrons. The van der Waals surface area contributed by atoms with Crippen molar-refractivity contribution in [2.75, 3.05) is 14.1 Å². The number of carbonyl (C=O) groups is 2. The van der Waals surface area contributed by atoms with Crippen molar-refractivity contribution in [2.45, 2.75) is 33.6 Å². The zero-order valence-corrected chi connectivity index (χ0v) is 13.4. The molecule has 1 aromatic heterocycles. The third-order valence-electron chi connectivity index (χ3n) is 2.32. The monoisotopic (exact) mass is 295 g/mol. The normalized spacial score (nSPS) is 8.76. The number of rotatable bonds is 4. The van der Waals surface area contributed by atoms with Crippen molar-refractivity contribution >= 4 is 11.8 Å². The number of aryl methyl sites for hydroxylation is 1. The van der Waals surface area contributed by atoms with Gasteiger partial charge in [-0.1, -0.05) is 19.0 Å². The number of amides is 2. The van der Waals surface area contributed by atoms with Gasteiger partial charge in [0.05, 0.1) is 0 Å². The number of nitrogens with zero attached hydrogens (tertiary/aromatic N) is 1. The van der Waals surface area contributed by atoms with Crippen molar-refractivity contribution < 1.29 is 14.1 Å². The molecule has 0 aliphatic carbocycles. The van der Waals surface area contributed by atoms with Gasteiger partial charge < -0.3 is 15.2 Å². The first-order chi connectivity index (χ1) is 9.90. The first-order valence-electron chi connectivity index (χ1n) is 6.60. The van der Waals surface area contributed by atoms with Crippen molar-refractivity contribution in [3.8, 4) is 12.8 Å². The minimum Gasteiger partial charge on any atom is -0.361 e. The summed E-state index contributed by atoms with van der Waals surface area (Å²) < 4.78 is 4.68. The molecule has 118 valence electrons. The molecule has 1 heterocycles. The third kappa shape index (κ3) is 11.3. The summed E-state index contributed by atoms with van der Waals surface area (Å²) in [5.74, 6) is 1.18. The Morgan fingerprint density at radius 2 is 1.86 bits per heavy atom. The average molecular weight is 295 g/mol. The zero-order chi connectivity index (χ0) is 16.8. The average Bonchev–Trinajstić information content (AvgIpc) is 2.93. The quantitative estimate of drug-likeness (QED) is 0.829. The van der Waals surface area contributed by atoms with Gasteiger partial charge in [-0.2, -0.15) is 0 Å². The van der Waals surface area contributed by atoms with E-state index in [1.807, 2.05) is 0 Å². The second kappa shape index (κ2) is 12.7. The second-order valence-corrected chi connectivity index (χ2v) is 4.51. The molecule has 0 aliphatic heterocycles. The van der Waals surface area contributed by atoms with E-state index < -0.39 is 0 Å². The highest BCUT2D eigenvalue weighted by atomic mass is 16.5. The Bertz CT molecular complexity index is 436. The number of nitrogens with one attached hydrogen (secondary N) is 2. The Morgan fingerprint density at radius 3 is 2.19 bits per heavy atom. The van der Waals surface area contributed by atoms with Gasteiger partial charge >= 0.3 is 0 Å². The van der Waals surface area contributed by atoms with Crippen LogP contribution in [-0.4, -0.2) is 31.1 Å². The van der Waals surface area contributed by atoms with Gasteiger partial charge in [-0.25, -0.2) is 0 Å². The maximum Gasteiger partial charge on any atom is 0.273 e. The smallest absolute Gasteiger partial charge is 0.273 e. The van der Waals surface area contributed by atoms with Crippen LogP contribution in [0.5, 0.6) is 0 Å². The summed E-state index contributed by atoms with van der Waals surface area (Å²) in [6.07, 6.45) is 9.65. The predicted octanol–water partition coefficient (Wildman–Crippen LogP) is 1.76. The molecule has 21 heavy (non-hydrogen) atoms. The summed E-state index contributed by atoms with van der Waals surface area (Å²) in [5, 5.41) is 8.51. The van der Waals surface area contributed by atoms with Crippen molar-refractivity contribution in [1.29, 1.82) is 0 Å². The Kier molecular flexibility index (Phi) is 12.7. The van der Waals surface area contributed by atoms with Crippen LogP contribution in [0.25, 0.3) is 0 Å². The lowest BCUT2D eigenvalue weighted by Gasteiger charge is -2.01. The molecule has 0 bridgehead atoms. The summed E-state index contributed by atoms with van der Waals surface area (Å²) in [6, 6.07) is 1.58. The Balaban J connectivity index is 0. The van der Waals surface area contributed by atoms with Crippen LogP contribution < -0.4 is 10.6 Å². The van der Waals surface area contributed by atoms with Gasteiger partial charge in [0, 0.05) is 26.6 Å². The highest BCUT2D eigenvalue weighted by Gasteiger charge is 2.06. The molecule has 2 amide bonds. The van der Waals surface area contributed by atoms with Crippen LogP contribution in [0.3, 0.4) is 0 Å². The van der Waals surface area contributed by atoms with Crippen molar-refractivity contribution in [1.82, 2.24) is 15.8 Å². The SMILES string of the molecule is C#C.CNC(=O)CCC(C)C.CNC(=O)c1cc(C)on1. The first-order valence-corrected chi connectivity index (χ1v) is 6.60. The summed E-state index contributed by atoms with van der Waals surface area (Å²) in [4.78, 5) is 21.4. The summed E-state index contributed by atoms with van der Waals surface area (Å²) in [6.45, 7) is 5.96. The van der Waals surface area contributed by atoms with Crippen LogP contribution in [0.1, 0.15) is 42.9 Å². The third-order valence-corrected chi connectivity index (χ3v) is 2.32. The summed E-state index contributed by atoms with van der Waals surface area (Å²) >= 11 is 0. The van der Waals surface area contributed by atoms with E-state index in [0.29, 0.717) is 23.8 Å². The number of terminal acetylenes is 1. The molecule has 0 atom stereocenters. The van der Waals surface area contributed by atoms with E-state index in [-0.39, 0.29) is 11.8 Å². The molecule has 1 aromatic rings. The van der Waals surface area contributed by atoms with Crippen molar-refractivity contribution in [3.63, 3.8) is 0 Å². The Labute approximate surface area is 126 Å².